The Morgan fingerprint density at radius 1 is 1.56 bits per heavy atom. The van der Waals surface area contributed by atoms with E-state index in [-0.39, 0.29) is 5.92 Å². The fourth-order valence-electron chi connectivity index (χ4n) is 2.19. The van der Waals surface area contributed by atoms with Crippen molar-refractivity contribution < 1.29 is 9.94 Å². The fourth-order valence-corrected chi connectivity index (χ4v) is 2.19. The molecular weight excluding hydrogens is 206 g/mol. The molecule has 0 spiro atoms. The molecule has 1 heterocycles. The van der Waals surface area contributed by atoms with E-state index in [9.17, 15) is 0 Å². The van der Waals surface area contributed by atoms with Gasteiger partial charge in [0.25, 0.3) is 0 Å². The Kier molecular flexibility index (Phi) is 5.55. The van der Waals surface area contributed by atoms with Gasteiger partial charge in [0, 0.05) is 25.7 Å². The number of nitrogens with two attached hydrogens (primary N) is 1. The van der Waals surface area contributed by atoms with Crippen molar-refractivity contribution in [3.05, 3.63) is 0 Å². The van der Waals surface area contributed by atoms with Crippen molar-refractivity contribution in [1.82, 2.24) is 4.90 Å². The number of likely N-dealkylation sites (tertiary alicyclic amines) is 1. The molecule has 0 saturated carbocycles. The van der Waals surface area contributed by atoms with E-state index in [1.54, 1.807) is 7.11 Å². The zero-order valence-electron chi connectivity index (χ0n) is 10.2. The summed E-state index contributed by atoms with van der Waals surface area (Å²) in [4.78, 5) is 2.44. The van der Waals surface area contributed by atoms with Gasteiger partial charge in [-0.15, -0.1) is 0 Å². The van der Waals surface area contributed by atoms with E-state index in [4.69, 9.17) is 15.7 Å². The summed E-state index contributed by atoms with van der Waals surface area (Å²) < 4.78 is 5.08. The average molecular weight is 229 g/mol. The maximum absolute atomic E-state index is 8.61. The molecule has 0 aromatic carbocycles. The normalized spacial score (nSPS) is 22.2. The highest BCUT2D eigenvalue weighted by Gasteiger charge is 2.24. The van der Waals surface area contributed by atoms with Gasteiger partial charge in [0.1, 0.15) is 5.84 Å². The topological polar surface area (TPSA) is 71.1 Å². The summed E-state index contributed by atoms with van der Waals surface area (Å²) in [7, 11) is 1.73. The number of rotatable bonds is 5. The Labute approximate surface area is 97.2 Å². The van der Waals surface area contributed by atoms with Crippen molar-refractivity contribution in [1.29, 1.82) is 0 Å². The number of methoxy groups -OCH3 is 1. The molecule has 94 valence electrons. The van der Waals surface area contributed by atoms with Crippen molar-refractivity contribution in [2.45, 2.75) is 32.2 Å². The van der Waals surface area contributed by atoms with Crippen LogP contribution in [0.4, 0.5) is 0 Å². The van der Waals surface area contributed by atoms with Crippen molar-refractivity contribution in [2.24, 2.45) is 16.8 Å². The number of nitrogens with zero attached hydrogens (tertiary/aromatic N) is 2. The van der Waals surface area contributed by atoms with Crippen LogP contribution in [-0.4, -0.2) is 48.8 Å². The highest BCUT2D eigenvalue weighted by molar-refractivity contribution is 5.82. The van der Waals surface area contributed by atoms with Crippen molar-refractivity contribution in [3.8, 4) is 0 Å². The average Bonchev–Trinajstić information content (AvgIpc) is 2.35. The van der Waals surface area contributed by atoms with Crippen LogP contribution in [0.2, 0.25) is 0 Å². The second-order valence-corrected chi connectivity index (χ2v) is 4.47. The third kappa shape index (κ3) is 3.64. The van der Waals surface area contributed by atoms with E-state index in [2.05, 4.69) is 17.0 Å². The summed E-state index contributed by atoms with van der Waals surface area (Å²) in [5.41, 5.74) is 5.61. The molecular formula is C11H23N3O2. The Morgan fingerprint density at radius 2 is 2.19 bits per heavy atom. The lowest BCUT2D eigenvalue weighted by Gasteiger charge is -2.35. The molecule has 1 fully saturated rings. The van der Waals surface area contributed by atoms with Crippen LogP contribution < -0.4 is 5.73 Å². The number of piperidine rings is 1. The first-order chi connectivity index (χ1) is 7.69. The van der Waals surface area contributed by atoms with E-state index < -0.39 is 0 Å². The van der Waals surface area contributed by atoms with E-state index in [0.29, 0.717) is 11.9 Å². The highest BCUT2D eigenvalue weighted by atomic mass is 16.5. The molecule has 3 N–H and O–H groups in total. The largest absolute Gasteiger partial charge is 0.409 e. The Balaban J connectivity index is 2.31. The van der Waals surface area contributed by atoms with Gasteiger partial charge >= 0.3 is 0 Å². The first-order valence-corrected chi connectivity index (χ1v) is 5.89. The molecule has 0 aromatic heterocycles. The standard InChI is InChI=1S/C11H23N3O2/c1-9(5-8-16-2)14-6-3-10(4-7-14)11(12)13-15/h9-10,15H,3-8H2,1-2H3,(H2,12,13). The summed E-state index contributed by atoms with van der Waals surface area (Å²) in [6, 6.07) is 0.549. The van der Waals surface area contributed by atoms with Gasteiger partial charge in [-0.25, -0.2) is 0 Å². The number of hydrogen-bond acceptors (Lipinski definition) is 4. The number of hydrogen-bond donors (Lipinski definition) is 2. The van der Waals surface area contributed by atoms with Gasteiger partial charge in [-0.05, 0) is 39.3 Å². The zero-order chi connectivity index (χ0) is 12.0. The molecule has 1 atom stereocenters. The van der Waals surface area contributed by atoms with Gasteiger partial charge in [0.2, 0.25) is 0 Å². The number of oxime groups is 1. The van der Waals surface area contributed by atoms with Gasteiger partial charge in [0.05, 0.1) is 0 Å². The molecule has 0 aromatic rings. The molecule has 5 heteroatoms. The summed E-state index contributed by atoms with van der Waals surface area (Å²) in [5.74, 6) is 0.625. The second kappa shape index (κ2) is 6.70. The molecule has 1 aliphatic heterocycles. The highest BCUT2D eigenvalue weighted by Crippen LogP contribution is 2.20. The van der Waals surface area contributed by atoms with Crippen molar-refractivity contribution >= 4 is 5.84 Å². The molecule has 16 heavy (non-hydrogen) atoms. The van der Waals surface area contributed by atoms with E-state index in [1.807, 2.05) is 0 Å². The molecule has 1 aliphatic rings. The number of amidine groups is 1. The van der Waals surface area contributed by atoms with Crippen LogP contribution in [0.1, 0.15) is 26.2 Å². The lowest BCUT2D eigenvalue weighted by Crippen LogP contribution is -2.43. The molecule has 0 aliphatic carbocycles. The molecule has 0 radical (unpaired) electrons. The lowest BCUT2D eigenvalue weighted by molar-refractivity contribution is 0.115. The van der Waals surface area contributed by atoms with Crippen molar-refractivity contribution in [3.63, 3.8) is 0 Å². The van der Waals surface area contributed by atoms with Gasteiger partial charge < -0.3 is 20.6 Å². The minimum atomic E-state index is 0.246. The van der Waals surface area contributed by atoms with Crippen LogP contribution in [0, 0.1) is 5.92 Å². The molecule has 0 bridgehead atoms. The fraction of sp³-hybridized carbons (Fsp3) is 0.909. The minimum absolute atomic E-state index is 0.246. The van der Waals surface area contributed by atoms with Gasteiger partial charge in [-0.2, -0.15) is 0 Å². The zero-order valence-corrected chi connectivity index (χ0v) is 10.2. The Hall–Kier alpha value is -0.810. The summed E-state index contributed by atoms with van der Waals surface area (Å²) >= 11 is 0. The van der Waals surface area contributed by atoms with Crippen LogP contribution in [0.15, 0.2) is 5.16 Å². The van der Waals surface area contributed by atoms with Crippen LogP contribution in [-0.2, 0) is 4.74 Å². The van der Waals surface area contributed by atoms with Gasteiger partial charge in [-0.3, -0.25) is 0 Å². The van der Waals surface area contributed by atoms with Gasteiger partial charge in [0.15, 0.2) is 0 Å². The summed E-state index contributed by atoms with van der Waals surface area (Å²) in [6.45, 7) is 5.07. The van der Waals surface area contributed by atoms with E-state index >= 15 is 0 Å². The van der Waals surface area contributed by atoms with E-state index in [1.165, 1.54) is 0 Å². The third-order valence-corrected chi connectivity index (χ3v) is 3.43. The first kappa shape index (κ1) is 13.3. The maximum atomic E-state index is 8.61. The smallest absolute Gasteiger partial charge is 0.142 e. The quantitative estimate of drug-likeness (QED) is 0.317. The number of ether oxygens (including phenoxy) is 1. The first-order valence-electron chi connectivity index (χ1n) is 5.89. The maximum Gasteiger partial charge on any atom is 0.142 e. The molecule has 5 nitrogen and oxygen atoms in total. The Bertz CT molecular complexity index is 225. The predicted molar refractivity (Wildman–Crippen MR) is 63.7 cm³/mol. The van der Waals surface area contributed by atoms with E-state index in [0.717, 1.165) is 39.0 Å². The summed E-state index contributed by atoms with van der Waals surface area (Å²) in [6.07, 6.45) is 3.02. The Morgan fingerprint density at radius 3 is 2.69 bits per heavy atom. The van der Waals surface area contributed by atoms with Gasteiger partial charge in [-0.1, -0.05) is 5.16 Å². The second-order valence-electron chi connectivity index (χ2n) is 4.47. The monoisotopic (exact) mass is 229 g/mol. The SMILES string of the molecule is COCCC(C)N1CCC(C(N)=NO)CC1. The van der Waals surface area contributed by atoms with Crippen molar-refractivity contribution in [2.75, 3.05) is 26.8 Å². The molecule has 0 amide bonds. The lowest BCUT2D eigenvalue weighted by atomic mass is 9.94. The molecule has 1 rings (SSSR count). The molecule has 1 unspecified atom stereocenters. The molecule has 1 saturated heterocycles. The van der Waals surface area contributed by atoms with Crippen LogP contribution >= 0.6 is 0 Å². The predicted octanol–water partition coefficient (Wildman–Crippen LogP) is 0.870. The van der Waals surface area contributed by atoms with Crippen LogP contribution in [0.5, 0.6) is 0 Å². The summed E-state index contributed by atoms with van der Waals surface area (Å²) in [5, 5.41) is 11.7. The third-order valence-electron chi connectivity index (χ3n) is 3.43. The van der Waals surface area contributed by atoms with Crippen LogP contribution in [0.25, 0.3) is 0 Å². The van der Waals surface area contributed by atoms with Crippen LogP contribution in [0.3, 0.4) is 0 Å². The minimum Gasteiger partial charge on any atom is -0.409 e.